The molecule has 1 amide bonds. The highest BCUT2D eigenvalue weighted by atomic mass is 16.5. The third-order valence-electron chi connectivity index (χ3n) is 2.70. The van der Waals surface area contributed by atoms with Crippen LogP contribution in [0, 0.1) is 6.92 Å². The van der Waals surface area contributed by atoms with Gasteiger partial charge in [-0.3, -0.25) is 4.79 Å². The number of rotatable bonds is 4. The van der Waals surface area contributed by atoms with Gasteiger partial charge >= 0.3 is 0 Å². The second kappa shape index (κ2) is 5.54. The second-order valence-corrected chi connectivity index (χ2v) is 3.63. The van der Waals surface area contributed by atoms with E-state index in [2.05, 4.69) is 0 Å². The molecule has 0 atom stereocenters. The average Bonchev–Trinajstić information content (AvgIpc) is 2.30. The summed E-state index contributed by atoms with van der Waals surface area (Å²) in [6.45, 7) is 7.32. The number of hydrogen-bond donors (Lipinski definition) is 0. The van der Waals surface area contributed by atoms with E-state index in [0.717, 1.165) is 5.56 Å². The number of amides is 1. The zero-order valence-electron chi connectivity index (χ0n) is 10.4. The van der Waals surface area contributed by atoms with Gasteiger partial charge in [-0.15, -0.1) is 0 Å². The van der Waals surface area contributed by atoms with Crippen molar-refractivity contribution in [3.8, 4) is 5.75 Å². The van der Waals surface area contributed by atoms with Crippen LogP contribution in [0.25, 0.3) is 0 Å². The number of carbonyl (C=O) groups is 1. The van der Waals surface area contributed by atoms with Crippen molar-refractivity contribution in [1.82, 2.24) is 4.90 Å². The Labute approximate surface area is 97.0 Å². The Hall–Kier alpha value is -1.51. The van der Waals surface area contributed by atoms with Gasteiger partial charge in [-0.05, 0) is 32.4 Å². The molecule has 0 fully saturated rings. The number of nitrogens with zero attached hydrogens (tertiary/aromatic N) is 1. The Balaban J connectivity index is 3.12. The van der Waals surface area contributed by atoms with Gasteiger partial charge in [0.05, 0.1) is 12.7 Å². The van der Waals surface area contributed by atoms with Crippen molar-refractivity contribution in [3.05, 3.63) is 29.3 Å². The van der Waals surface area contributed by atoms with Gasteiger partial charge in [0, 0.05) is 13.1 Å². The van der Waals surface area contributed by atoms with Crippen molar-refractivity contribution in [2.24, 2.45) is 0 Å². The molecule has 0 aliphatic rings. The van der Waals surface area contributed by atoms with Crippen LogP contribution >= 0.6 is 0 Å². The van der Waals surface area contributed by atoms with Gasteiger partial charge in [0.25, 0.3) is 5.91 Å². The van der Waals surface area contributed by atoms with Gasteiger partial charge in [-0.1, -0.05) is 12.1 Å². The monoisotopic (exact) mass is 221 g/mol. The standard InChI is InChI=1S/C13H19NO2/c1-5-14(6-2)13(15)11-9-7-8-10(3)12(11)16-4/h7-9H,5-6H2,1-4H3. The van der Waals surface area contributed by atoms with Crippen molar-refractivity contribution >= 4 is 5.91 Å². The topological polar surface area (TPSA) is 29.5 Å². The summed E-state index contributed by atoms with van der Waals surface area (Å²) in [5.41, 5.74) is 1.63. The SMILES string of the molecule is CCN(CC)C(=O)c1cccc(C)c1OC. The highest BCUT2D eigenvalue weighted by molar-refractivity contribution is 5.97. The number of aryl methyl sites for hydroxylation is 1. The lowest BCUT2D eigenvalue weighted by atomic mass is 10.1. The molecule has 1 aromatic carbocycles. The van der Waals surface area contributed by atoms with Crippen LogP contribution in [0.1, 0.15) is 29.8 Å². The molecule has 0 unspecified atom stereocenters. The fraction of sp³-hybridized carbons (Fsp3) is 0.462. The summed E-state index contributed by atoms with van der Waals surface area (Å²) in [7, 11) is 1.60. The van der Waals surface area contributed by atoms with Crippen molar-refractivity contribution in [2.45, 2.75) is 20.8 Å². The Kier molecular flexibility index (Phi) is 4.35. The van der Waals surface area contributed by atoms with E-state index in [1.54, 1.807) is 12.0 Å². The molecular formula is C13H19NO2. The van der Waals surface area contributed by atoms with Crippen LogP contribution in [0.4, 0.5) is 0 Å². The molecule has 88 valence electrons. The summed E-state index contributed by atoms with van der Waals surface area (Å²) in [5.74, 6) is 0.713. The van der Waals surface area contributed by atoms with Crippen LogP contribution in [0.3, 0.4) is 0 Å². The Morgan fingerprint density at radius 3 is 2.44 bits per heavy atom. The van der Waals surface area contributed by atoms with Gasteiger partial charge in [0.15, 0.2) is 0 Å². The molecule has 0 aliphatic carbocycles. The Morgan fingerprint density at radius 1 is 1.31 bits per heavy atom. The van der Waals surface area contributed by atoms with Crippen LogP contribution in [-0.2, 0) is 0 Å². The van der Waals surface area contributed by atoms with Gasteiger partial charge in [0.2, 0.25) is 0 Å². The molecule has 0 bridgehead atoms. The second-order valence-electron chi connectivity index (χ2n) is 3.63. The number of para-hydroxylation sites is 1. The molecule has 0 aromatic heterocycles. The molecular weight excluding hydrogens is 202 g/mol. The summed E-state index contributed by atoms with van der Waals surface area (Å²) in [6.07, 6.45) is 0. The van der Waals surface area contributed by atoms with Crippen LogP contribution in [0.15, 0.2) is 18.2 Å². The largest absolute Gasteiger partial charge is 0.496 e. The molecule has 1 rings (SSSR count). The van der Waals surface area contributed by atoms with E-state index in [1.807, 2.05) is 39.0 Å². The van der Waals surface area contributed by atoms with E-state index in [9.17, 15) is 4.79 Å². The fourth-order valence-electron chi connectivity index (χ4n) is 1.77. The third-order valence-corrected chi connectivity index (χ3v) is 2.70. The smallest absolute Gasteiger partial charge is 0.257 e. The third kappa shape index (κ3) is 2.35. The summed E-state index contributed by atoms with van der Waals surface area (Å²) >= 11 is 0. The molecule has 3 heteroatoms. The maximum Gasteiger partial charge on any atom is 0.257 e. The minimum atomic E-state index is 0.0329. The number of benzene rings is 1. The number of hydrogen-bond acceptors (Lipinski definition) is 2. The first kappa shape index (κ1) is 12.6. The Morgan fingerprint density at radius 2 is 1.94 bits per heavy atom. The summed E-state index contributed by atoms with van der Waals surface area (Å²) in [6, 6.07) is 5.64. The van der Waals surface area contributed by atoms with E-state index >= 15 is 0 Å². The quantitative estimate of drug-likeness (QED) is 0.781. The predicted molar refractivity (Wildman–Crippen MR) is 65.0 cm³/mol. The van der Waals surface area contributed by atoms with E-state index in [0.29, 0.717) is 24.4 Å². The van der Waals surface area contributed by atoms with E-state index in [4.69, 9.17) is 4.74 Å². The van der Waals surface area contributed by atoms with Gasteiger partial charge < -0.3 is 9.64 Å². The lowest BCUT2D eigenvalue weighted by molar-refractivity contribution is 0.0769. The fourth-order valence-corrected chi connectivity index (χ4v) is 1.77. The van der Waals surface area contributed by atoms with E-state index in [-0.39, 0.29) is 5.91 Å². The number of methoxy groups -OCH3 is 1. The van der Waals surface area contributed by atoms with Crippen molar-refractivity contribution < 1.29 is 9.53 Å². The molecule has 0 heterocycles. The minimum Gasteiger partial charge on any atom is -0.496 e. The van der Waals surface area contributed by atoms with E-state index < -0.39 is 0 Å². The Bertz CT molecular complexity index is 370. The molecule has 0 spiro atoms. The van der Waals surface area contributed by atoms with Crippen molar-refractivity contribution in [2.75, 3.05) is 20.2 Å². The van der Waals surface area contributed by atoms with Crippen molar-refractivity contribution in [3.63, 3.8) is 0 Å². The molecule has 0 radical (unpaired) electrons. The number of carbonyl (C=O) groups excluding carboxylic acids is 1. The van der Waals surface area contributed by atoms with Gasteiger partial charge in [0.1, 0.15) is 5.75 Å². The summed E-state index contributed by atoms with van der Waals surface area (Å²) < 4.78 is 5.29. The minimum absolute atomic E-state index is 0.0329. The average molecular weight is 221 g/mol. The summed E-state index contributed by atoms with van der Waals surface area (Å²) in [5, 5.41) is 0. The van der Waals surface area contributed by atoms with Crippen LogP contribution < -0.4 is 4.74 Å². The van der Waals surface area contributed by atoms with Gasteiger partial charge in [-0.25, -0.2) is 0 Å². The number of ether oxygens (including phenoxy) is 1. The molecule has 1 aromatic rings. The highest BCUT2D eigenvalue weighted by Gasteiger charge is 2.17. The maximum atomic E-state index is 12.2. The molecule has 16 heavy (non-hydrogen) atoms. The molecule has 0 saturated heterocycles. The molecule has 0 N–H and O–H groups in total. The first-order valence-electron chi connectivity index (χ1n) is 5.58. The van der Waals surface area contributed by atoms with E-state index in [1.165, 1.54) is 0 Å². The summed E-state index contributed by atoms with van der Waals surface area (Å²) in [4.78, 5) is 14.0. The lowest BCUT2D eigenvalue weighted by Gasteiger charge is -2.20. The van der Waals surface area contributed by atoms with Crippen molar-refractivity contribution in [1.29, 1.82) is 0 Å². The lowest BCUT2D eigenvalue weighted by Crippen LogP contribution is -2.30. The molecule has 0 saturated carbocycles. The first-order chi connectivity index (χ1) is 7.65. The highest BCUT2D eigenvalue weighted by Crippen LogP contribution is 2.24. The zero-order valence-corrected chi connectivity index (χ0v) is 10.4. The van der Waals surface area contributed by atoms with Crippen LogP contribution in [0.2, 0.25) is 0 Å². The van der Waals surface area contributed by atoms with Crippen LogP contribution in [0.5, 0.6) is 5.75 Å². The van der Waals surface area contributed by atoms with Crippen LogP contribution in [-0.4, -0.2) is 31.0 Å². The predicted octanol–water partition coefficient (Wildman–Crippen LogP) is 2.49. The van der Waals surface area contributed by atoms with Gasteiger partial charge in [-0.2, -0.15) is 0 Å². The molecule has 3 nitrogen and oxygen atoms in total. The molecule has 0 aliphatic heterocycles. The maximum absolute atomic E-state index is 12.2. The first-order valence-corrected chi connectivity index (χ1v) is 5.58. The normalized spacial score (nSPS) is 10.0. The zero-order chi connectivity index (χ0) is 12.1.